The molecular weight excluding hydrogens is 234 g/mol. The van der Waals surface area contributed by atoms with E-state index in [2.05, 4.69) is 24.1 Å². The Morgan fingerprint density at radius 1 is 1.65 bits per heavy atom. The fourth-order valence-corrected chi connectivity index (χ4v) is 2.63. The van der Waals surface area contributed by atoms with Gasteiger partial charge < -0.3 is 10.4 Å². The number of rotatable bonds is 2. The zero-order valence-corrected chi connectivity index (χ0v) is 10.6. The summed E-state index contributed by atoms with van der Waals surface area (Å²) in [4.78, 5) is 12.7. The number of aliphatic hydroxyl groups excluding tert-OH is 1. The van der Waals surface area contributed by atoms with Gasteiger partial charge in [0.2, 0.25) is 0 Å². The minimum atomic E-state index is -0.186. The van der Waals surface area contributed by atoms with Gasteiger partial charge in [-0.15, -0.1) is 11.3 Å². The Morgan fingerprint density at radius 2 is 2.41 bits per heavy atom. The zero-order valence-electron chi connectivity index (χ0n) is 9.75. The van der Waals surface area contributed by atoms with Crippen molar-refractivity contribution in [1.29, 1.82) is 0 Å². The van der Waals surface area contributed by atoms with Crippen LogP contribution in [0.2, 0.25) is 0 Å². The normalized spacial score (nSPS) is 16.6. The third kappa shape index (κ3) is 2.68. The number of amides is 1. The second kappa shape index (κ2) is 4.91. The molecule has 0 spiro atoms. The van der Waals surface area contributed by atoms with E-state index >= 15 is 0 Å². The molecule has 90 valence electrons. The van der Waals surface area contributed by atoms with Gasteiger partial charge >= 0.3 is 0 Å². The van der Waals surface area contributed by atoms with Gasteiger partial charge in [0.15, 0.2) is 0 Å². The van der Waals surface area contributed by atoms with Crippen LogP contribution < -0.4 is 5.32 Å². The maximum atomic E-state index is 12.1. The fourth-order valence-electron chi connectivity index (χ4n) is 1.88. The zero-order chi connectivity index (χ0) is 12.3. The first-order valence-corrected chi connectivity index (χ1v) is 6.52. The summed E-state index contributed by atoms with van der Waals surface area (Å²) in [5, 5.41) is 13.6. The van der Waals surface area contributed by atoms with Crippen LogP contribution in [0.4, 0.5) is 0 Å². The van der Waals surface area contributed by atoms with E-state index in [-0.39, 0.29) is 18.1 Å². The highest BCUT2D eigenvalue weighted by Gasteiger charge is 2.33. The summed E-state index contributed by atoms with van der Waals surface area (Å²) in [6.45, 7) is 1.88. The van der Waals surface area contributed by atoms with Gasteiger partial charge in [-0.05, 0) is 37.6 Å². The minimum Gasteiger partial charge on any atom is -0.384 e. The Bertz CT molecular complexity index is 477. The molecule has 2 rings (SSSR count). The van der Waals surface area contributed by atoms with Crippen molar-refractivity contribution < 1.29 is 9.90 Å². The predicted octanol–water partition coefficient (Wildman–Crippen LogP) is 1.76. The second-order valence-corrected chi connectivity index (χ2v) is 5.41. The molecule has 1 aliphatic carbocycles. The number of carbonyl (C=O) groups is 1. The summed E-state index contributed by atoms with van der Waals surface area (Å²) in [5.74, 6) is 5.31. The first-order chi connectivity index (χ1) is 8.14. The second-order valence-electron chi connectivity index (χ2n) is 4.49. The highest BCUT2D eigenvalue weighted by Crippen LogP contribution is 2.31. The summed E-state index contributed by atoms with van der Waals surface area (Å²) >= 11 is 1.39. The van der Waals surface area contributed by atoms with E-state index in [1.807, 2.05) is 11.4 Å². The molecular formula is C13H15NO2S. The number of hydrogen-bond donors (Lipinski definition) is 2. The molecule has 1 amide bonds. The van der Waals surface area contributed by atoms with Gasteiger partial charge in [-0.2, -0.15) is 0 Å². The lowest BCUT2D eigenvalue weighted by Gasteiger charge is -2.39. The molecule has 1 saturated carbocycles. The van der Waals surface area contributed by atoms with Crippen molar-refractivity contribution in [1.82, 2.24) is 5.32 Å². The summed E-state index contributed by atoms with van der Waals surface area (Å²) < 4.78 is 0. The summed E-state index contributed by atoms with van der Waals surface area (Å²) in [7, 11) is 0. The van der Waals surface area contributed by atoms with Crippen molar-refractivity contribution >= 4 is 17.2 Å². The molecule has 0 radical (unpaired) electrons. The van der Waals surface area contributed by atoms with Gasteiger partial charge in [0, 0.05) is 11.1 Å². The van der Waals surface area contributed by atoms with Crippen molar-refractivity contribution in [2.75, 3.05) is 6.61 Å². The van der Waals surface area contributed by atoms with Crippen LogP contribution >= 0.6 is 11.3 Å². The summed E-state index contributed by atoms with van der Waals surface area (Å²) in [6, 6.07) is 1.81. The number of thiophene rings is 1. The Hall–Kier alpha value is -1.31. The van der Waals surface area contributed by atoms with Gasteiger partial charge in [0.05, 0.1) is 0 Å². The average Bonchev–Trinajstić information content (AvgIpc) is 2.72. The molecule has 17 heavy (non-hydrogen) atoms. The molecule has 1 aromatic heterocycles. The third-order valence-electron chi connectivity index (χ3n) is 3.05. The fraction of sp³-hybridized carbons (Fsp3) is 0.462. The Labute approximate surface area is 105 Å². The highest BCUT2D eigenvalue weighted by atomic mass is 32.1. The molecule has 0 aliphatic heterocycles. The Kier molecular flexibility index (Phi) is 3.51. The molecule has 0 bridgehead atoms. The molecule has 0 saturated heterocycles. The third-order valence-corrected chi connectivity index (χ3v) is 3.96. The maximum absolute atomic E-state index is 12.1. The summed E-state index contributed by atoms with van der Waals surface area (Å²) in [6.07, 6.45) is 3.27. The van der Waals surface area contributed by atoms with E-state index in [0.717, 1.165) is 12.8 Å². The first-order valence-electron chi connectivity index (χ1n) is 5.64. The lowest BCUT2D eigenvalue weighted by Crippen LogP contribution is -2.50. The molecule has 1 aliphatic rings. The Morgan fingerprint density at radius 3 is 3.00 bits per heavy atom. The number of carbonyl (C=O) groups excluding carboxylic acids is 1. The van der Waals surface area contributed by atoms with E-state index in [4.69, 9.17) is 5.11 Å². The van der Waals surface area contributed by atoms with Crippen LogP contribution in [-0.2, 0) is 0 Å². The molecule has 0 aromatic carbocycles. The van der Waals surface area contributed by atoms with Gasteiger partial charge in [0.25, 0.3) is 5.91 Å². The number of aliphatic hydroxyl groups is 1. The van der Waals surface area contributed by atoms with Crippen LogP contribution in [0.15, 0.2) is 11.4 Å². The monoisotopic (exact) mass is 249 g/mol. The molecule has 2 N–H and O–H groups in total. The lowest BCUT2D eigenvalue weighted by molar-refractivity contribution is 0.0854. The van der Waals surface area contributed by atoms with Crippen molar-refractivity contribution in [3.63, 3.8) is 0 Å². The van der Waals surface area contributed by atoms with Crippen LogP contribution in [0.25, 0.3) is 0 Å². The molecule has 1 fully saturated rings. The average molecular weight is 249 g/mol. The van der Waals surface area contributed by atoms with Crippen LogP contribution in [0, 0.1) is 11.8 Å². The Balaban J connectivity index is 2.11. The van der Waals surface area contributed by atoms with Crippen LogP contribution in [0.3, 0.4) is 0 Å². The minimum absolute atomic E-state index is 0.0389. The molecule has 1 heterocycles. The quantitative estimate of drug-likeness (QED) is 0.785. The van der Waals surface area contributed by atoms with E-state index < -0.39 is 0 Å². The van der Waals surface area contributed by atoms with E-state index in [0.29, 0.717) is 10.4 Å². The van der Waals surface area contributed by atoms with Crippen LogP contribution in [0.1, 0.15) is 41.4 Å². The van der Waals surface area contributed by atoms with E-state index in [1.165, 1.54) is 17.8 Å². The molecule has 0 atom stereocenters. The molecule has 4 heteroatoms. The van der Waals surface area contributed by atoms with E-state index in [9.17, 15) is 4.79 Å². The van der Waals surface area contributed by atoms with Gasteiger partial charge in [-0.25, -0.2) is 0 Å². The van der Waals surface area contributed by atoms with Gasteiger partial charge in [-0.3, -0.25) is 4.79 Å². The molecule has 1 aromatic rings. The molecule has 0 unspecified atom stereocenters. The van der Waals surface area contributed by atoms with Crippen molar-refractivity contribution in [2.45, 2.75) is 31.7 Å². The topological polar surface area (TPSA) is 49.3 Å². The standard InChI is InChI=1S/C13H15NO2S/c1-13(6-3-7-13)14-12(16)11-10(4-2-8-15)5-9-17-11/h5,9,15H,3,6-8H2,1H3,(H,14,16). The van der Waals surface area contributed by atoms with Crippen molar-refractivity contribution in [3.8, 4) is 11.8 Å². The smallest absolute Gasteiger partial charge is 0.263 e. The number of nitrogens with one attached hydrogen (secondary N) is 1. The number of hydrogen-bond acceptors (Lipinski definition) is 3. The molecule has 3 nitrogen and oxygen atoms in total. The van der Waals surface area contributed by atoms with Crippen molar-refractivity contribution in [2.24, 2.45) is 0 Å². The van der Waals surface area contributed by atoms with Crippen molar-refractivity contribution in [3.05, 3.63) is 21.9 Å². The predicted molar refractivity (Wildman–Crippen MR) is 68.0 cm³/mol. The van der Waals surface area contributed by atoms with Crippen LogP contribution in [-0.4, -0.2) is 23.2 Å². The first kappa shape index (κ1) is 12.2. The largest absolute Gasteiger partial charge is 0.384 e. The lowest BCUT2D eigenvalue weighted by atomic mass is 9.78. The van der Waals surface area contributed by atoms with Gasteiger partial charge in [0.1, 0.15) is 11.5 Å². The van der Waals surface area contributed by atoms with E-state index in [1.54, 1.807) is 0 Å². The van der Waals surface area contributed by atoms with Gasteiger partial charge in [-0.1, -0.05) is 11.8 Å². The summed E-state index contributed by atoms with van der Waals surface area (Å²) in [5.41, 5.74) is 0.660. The van der Waals surface area contributed by atoms with Crippen LogP contribution in [0.5, 0.6) is 0 Å². The maximum Gasteiger partial charge on any atom is 0.263 e. The SMILES string of the molecule is CC1(NC(=O)c2sccc2C#CCO)CCC1. The highest BCUT2D eigenvalue weighted by molar-refractivity contribution is 7.12.